The fourth-order valence-electron chi connectivity index (χ4n) is 2.35. The van der Waals surface area contributed by atoms with E-state index in [-0.39, 0.29) is 18.2 Å². The van der Waals surface area contributed by atoms with E-state index < -0.39 is 5.25 Å². The van der Waals surface area contributed by atoms with E-state index in [0.717, 1.165) is 17.3 Å². The minimum Gasteiger partial charge on any atom is -0.326 e. The maximum absolute atomic E-state index is 12.2. The van der Waals surface area contributed by atoms with Crippen molar-refractivity contribution < 1.29 is 9.59 Å². The molecule has 0 saturated carbocycles. The van der Waals surface area contributed by atoms with E-state index in [0.29, 0.717) is 26.5 Å². The maximum atomic E-state index is 12.2. The summed E-state index contributed by atoms with van der Waals surface area (Å²) in [5.74, 6) is -0.517. The summed E-state index contributed by atoms with van der Waals surface area (Å²) >= 11 is 13.1. The molecule has 1 atom stereocenters. The quantitative estimate of drug-likeness (QED) is 0.544. The lowest BCUT2D eigenvalue weighted by molar-refractivity contribution is -0.122. The Hall–Kier alpha value is -2.35. The molecule has 0 bridgehead atoms. The van der Waals surface area contributed by atoms with Gasteiger partial charge in [-0.2, -0.15) is 5.10 Å². The SMILES string of the molecule is Cc1ccc(NC(=O)C[C@@H]2S/C(=N/N=C\c3ccc(Cl)cc3Cl)NC2=O)cc1. The van der Waals surface area contributed by atoms with Crippen LogP contribution in [0.2, 0.25) is 10.0 Å². The maximum Gasteiger partial charge on any atom is 0.240 e. The summed E-state index contributed by atoms with van der Waals surface area (Å²) in [6.45, 7) is 1.97. The average molecular weight is 435 g/mol. The summed E-state index contributed by atoms with van der Waals surface area (Å²) in [7, 11) is 0. The van der Waals surface area contributed by atoms with E-state index in [1.807, 2.05) is 31.2 Å². The summed E-state index contributed by atoms with van der Waals surface area (Å²) in [6.07, 6.45) is 1.51. The lowest BCUT2D eigenvalue weighted by atomic mass is 10.2. The van der Waals surface area contributed by atoms with Gasteiger partial charge in [0.15, 0.2) is 5.17 Å². The minimum absolute atomic E-state index is 0.0378. The largest absolute Gasteiger partial charge is 0.326 e. The first kappa shape index (κ1) is 20.4. The summed E-state index contributed by atoms with van der Waals surface area (Å²) in [5, 5.41) is 14.1. The lowest BCUT2D eigenvalue weighted by Crippen LogP contribution is -2.28. The topological polar surface area (TPSA) is 82.9 Å². The van der Waals surface area contributed by atoms with Crippen molar-refractivity contribution in [2.75, 3.05) is 5.32 Å². The van der Waals surface area contributed by atoms with Gasteiger partial charge in [0, 0.05) is 22.7 Å². The number of amides is 2. The Morgan fingerprint density at radius 3 is 2.71 bits per heavy atom. The molecule has 2 amide bonds. The molecule has 6 nitrogen and oxygen atoms in total. The van der Waals surface area contributed by atoms with Crippen molar-refractivity contribution >= 4 is 63.8 Å². The minimum atomic E-state index is -0.557. The van der Waals surface area contributed by atoms with Crippen molar-refractivity contribution in [3.63, 3.8) is 0 Å². The second kappa shape index (κ2) is 9.23. The molecule has 1 fully saturated rings. The molecule has 1 heterocycles. The highest BCUT2D eigenvalue weighted by Gasteiger charge is 2.32. The molecule has 0 spiro atoms. The van der Waals surface area contributed by atoms with Gasteiger partial charge in [0.2, 0.25) is 11.8 Å². The van der Waals surface area contributed by atoms with Crippen LogP contribution in [-0.4, -0.2) is 28.4 Å². The van der Waals surface area contributed by atoms with Crippen molar-refractivity contribution in [3.05, 3.63) is 63.6 Å². The first-order chi connectivity index (χ1) is 13.4. The number of amidine groups is 1. The van der Waals surface area contributed by atoms with Gasteiger partial charge in [-0.15, -0.1) is 5.10 Å². The average Bonchev–Trinajstić information content (AvgIpc) is 2.98. The molecule has 2 aromatic rings. The fourth-order valence-corrected chi connectivity index (χ4v) is 3.73. The molecule has 144 valence electrons. The number of nitrogens with one attached hydrogen (secondary N) is 2. The van der Waals surface area contributed by atoms with E-state index in [2.05, 4.69) is 20.8 Å². The van der Waals surface area contributed by atoms with Crippen LogP contribution >= 0.6 is 35.0 Å². The van der Waals surface area contributed by atoms with Crippen LogP contribution in [0.5, 0.6) is 0 Å². The Morgan fingerprint density at radius 1 is 1.25 bits per heavy atom. The number of rotatable bonds is 5. The zero-order chi connectivity index (χ0) is 20.1. The Bertz CT molecular complexity index is 961. The Labute approximate surface area is 176 Å². The number of aryl methyl sites for hydroxylation is 1. The molecule has 0 unspecified atom stereocenters. The third-order valence-corrected chi connectivity index (χ3v) is 5.43. The number of halogens is 2. The van der Waals surface area contributed by atoms with Gasteiger partial charge in [-0.25, -0.2) is 0 Å². The molecule has 3 rings (SSSR count). The second-order valence-electron chi connectivity index (χ2n) is 6.03. The van der Waals surface area contributed by atoms with Gasteiger partial charge in [0.1, 0.15) is 5.25 Å². The molecule has 0 aromatic heterocycles. The van der Waals surface area contributed by atoms with Gasteiger partial charge in [0.25, 0.3) is 0 Å². The Kier molecular flexibility index (Phi) is 6.72. The lowest BCUT2D eigenvalue weighted by Gasteiger charge is -2.07. The number of nitrogens with zero attached hydrogens (tertiary/aromatic N) is 2. The van der Waals surface area contributed by atoms with Crippen LogP contribution in [0.4, 0.5) is 5.69 Å². The van der Waals surface area contributed by atoms with Gasteiger partial charge in [0.05, 0.1) is 11.2 Å². The molecule has 9 heteroatoms. The van der Waals surface area contributed by atoms with Crippen molar-refractivity contribution in [2.24, 2.45) is 10.2 Å². The van der Waals surface area contributed by atoms with Crippen LogP contribution in [0.15, 0.2) is 52.7 Å². The monoisotopic (exact) mass is 434 g/mol. The Morgan fingerprint density at radius 2 is 2.00 bits per heavy atom. The third-order valence-electron chi connectivity index (χ3n) is 3.79. The normalized spacial score (nSPS) is 17.9. The molecular formula is C19H16Cl2N4O2S. The molecular weight excluding hydrogens is 419 g/mol. The predicted molar refractivity (Wildman–Crippen MR) is 115 cm³/mol. The van der Waals surface area contributed by atoms with E-state index in [1.54, 1.807) is 18.2 Å². The molecule has 1 aliphatic heterocycles. The highest BCUT2D eigenvalue weighted by Crippen LogP contribution is 2.23. The summed E-state index contributed by atoms with van der Waals surface area (Å²) in [5.41, 5.74) is 2.45. The third kappa shape index (κ3) is 5.58. The van der Waals surface area contributed by atoms with Crippen molar-refractivity contribution in [1.82, 2.24) is 5.32 Å². The molecule has 28 heavy (non-hydrogen) atoms. The van der Waals surface area contributed by atoms with Gasteiger partial charge in [-0.05, 0) is 31.2 Å². The fraction of sp³-hybridized carbons (Fsp3) is 0.158. The summed E-state index contributed by atoms with van der Waals surface area (Å²) in [6, 6.07) is 12.5. The molecule has 0 aliphatic carbocycles. The van der Waals surface area contributed by atoms with Gasteiger partial charge >= 0.3 is 0 Å². The summed E-state index contributed by atoms with van der Waals surface area (Å²) < 4.78 is 0. The van der Waals surface area contributed by atoms with Crippen LogP contribution in [0.3, 0.4) is 0 Å². The van der Waals surface area contributed by atoms with Gasteiger partial charge in [-0.3, -0.25) is 9.59 Å². The van der Waals surface area contributed by atoms with Crippen LogP contribution in [0.25, 0.3) is 0 Å². The number of hydrogen-bond donors (Lipinski definition) is 2. The van der Waals surface area contributed by atoms with Crippen LogP contribution in [-0.2, 0) is 9.59 Å². The first-order valence-corrected chi connectivity index (χ1v) is 9.94. The van der Waals surface area contributed by atoms with Gasteiger partial charge in [-0.1, -0.05) is 58.7 Å². The van der Waals surface area contributed by atoms with Crippen molar-refractivity contribution in [2.45, 2.75) is 18.6 Å². The number of benzene rings is 2. The molecule has 0 radical (unpaired) electrons. The van der Waals surface area contributed by atoms with Crippen molar-refractivity contribution in [1.29, 1.82) is 0 Å². The number of anilines is 1. The molecule has 1 saturated heterocycles. The molecule has 2 N–H and O–H groups in total. The standard InChI is InChI=1S/C19H16Cl2N4O2S/c1-11-2-6-14(7-3-11)23-17(26)9-16-18(27)24-19(28-16)25-22-10-12-4-5-13(20)8-15(12)21/h2-8,10,16H,9H2,1H3,(H,23,26)(H,24,25,27)/b22-10-/t16-/m0/s1. The summed E-state index contributed by atoms with van der Waals surface area (Å²) in [4.78, 5) is 24.2. The van der Waals surface area contributed by atoms with E-state index in [4.69, 9.17) is 23.2 Å². The number of thioether (sulfide) groups is 1. The van der Waals surface area contributed by atoms with E-state index in [1.165, 1.54) is 6.21 Å². The predicted octanol–water partition coefficient (Wildman–Crippen LogP) is 4.25. The highest BCUT2D eigenvalue weighted by molar-refractivity contribution is 8.15. The first-order valence-electron chi connectivity index (χ1n) is 8.31. The highest BCUT2D eigenvalue weighted by atomic mass is 35.5. The van der Waals surface area contributed by atoms with Crippen LogP contribution in [0.1, 0.15) is 17.5 Å². The molecule has 1 aliphatic rings. The van der Waals surface area contributed by atoms with Crippen LogP contribution < -0.4 is 10.6 Å². The zero-order valence-electron chi connectivity index (χ0n) is 14.8. The number of carbonyl (C=O) groups is 2. The Balaban J connectivity index is 1.56. The number of hydrogen-bond acceptors (Lipinski definition) is 5. The van der Waals surface area contributed by atoms with Crippen LogP contribution in [0, 0.1) is 6.92 Å². The van der Waals surface area contributed by atoms with E-state index in [9.17, 15) is 9.59 Å². The van der Waals surface area contributed by atoms with Gasteiger partial charge < -0.3 is 10.6 Å². The zero-order valence-corrected chi connectivity index (χ0v) is 17.1. The second-order valence-corrected chi connectivity index (χ2v) is 8.06. The molecule has 2 aromatic carbocycles. The van der Waals surface area contributed by atoms with Crippen molar-refractivity contribution in [3.8, 4) is 0 Å². The number of carbonyl (C=O) groups excluding carboxylic acids is 2. The van der Waals surface area contributed by atoms with E-state index >= 15 is 0 Å². The smallest absolute Gasteiger partial charge is 0.240 e.